The number of anilines is 2. The number of fused-ring (bicyclic) bond motifs is 3. The zero-order chi connectivity index (χ0) is 19.2. The molecule has 27 heavy (non-hydrogen) atoms. The molecule has 0 amide bonds. The van der Waals surface area contributed by atoms with Gasteiger partial charge in [0.2, 0.25) is 0 Å². The minimum atomic E-state index is -4.45. The van der Waals surface area contributed by atoms with Gasteiger partial charge in [-0.3, -0.25) is 10.2 Å². The second kappa shape index (κ2) is 6.15. The van der Waals surface area contributed by atoms with Crippen molar-refractivity contribution < 1.29 is 22.6 Å². The molecule has 1 heterocycles. The number of hydrogen-bond donors (Lipinski definition) is 3. The van der Waals surface area contributed by atoms with Crippen molar-refractivity contribution in [3.05, 3.63) is 48.0 Å². The van der Waals surface area contributed by atoms with Crippen LogP contribution in [-0.2, 0) is 6.18 Å². The molecule has 3 N–H and O–H groups in total. The average molecular weight is 375 g/mol. The number of benzene rings is 2. The summed E-state index contributed by atoms with van der Waals surface area (Å²) in [6.07, 6.45) is -4.45. The van der Waals surface area contributed by atoms with Crippen LogP contribution < -0.4 is 14.8 Å². The van der Waals surface area contributed by atoms with E-state index in [9.17, 15) is 13.2 Å². The standard InChI is InChI=1S/C19H16F3N3O2/c1-26-15-8-10-7-12-17(11(10)9-16(15)27-2)24-25-18(12)23-14-6-4-3-5-13(14)19(20,21)22/h3-9,23-25H,1-2H3. The molecule has 140 valence electrons. The van der Waals surface area contributed by atoms with Crippen molar-refractivity contribution in [2.75, 3.05) is 19.5 Å². The lowest BCUT2D eigenvalue weighted by molar-refractivity contribution is -0.136. The van der Waals surface area contributed by atoms with E-state index in [0.717, 1.165) is 28.1 Å². The van der Waals surface area contributed by atoms with E-state index in [1.165, 1.54) is 12.1 Å². The number of nitrogens with one attached hydrogen (secondary N) is 3. The van der Waals surface area contributed by atoms with Gasteiger partial charge in [0, 0.05) is 10.9 Å². The van der Waals surface area contributed by atoms with Gasteiger partial charge in [-0.25, -0.2) is 0 Å². The Labute approximate surface area is 152 Å². The van der Waals surface area contributed by atoms with Gasteiger partial charge in [-0.1, -0.05) is 12.1 Å². The molecule has 2 aromatic carbocycles. The number of rotatable bonds is 4. The van der Waals surface area contributed by atoms with Gasteiger partial charge in [-0.15, -0.1) is 0 Å². The molecule has 0 unspecified atom stereocenters. The third-order valence-electron chi connectivity index (χ3n) is 4.47. The van der Waals surface area contributed by atoms with Crippen molar-refractivity contribution in [2.24, 2.45) is 0 Å². The molecule has 2 aliphatic rings. The van der Waals surface area contributed by atoms with Crippen molar-refractivity contribution in [3.8, 4) is 22.8 Å². The van der Waals surface area contributed by atoms with Crippen LogP contribution in [-0.4, -0.2) is 24.4 Å². The van der Waals surface area contributed by atoms with Crippen LogP contribution in [0.2, 0.25) is 0 Å². The highest BCUT2D eigenvalue weighted by Crippen LogP contribution is 2.43. The van der Waals surface area contributed by atoms with Crippen molar-refractivity contribution in [1.29, 1.82) is 0 Å². The predicted molar refractivity (Wildman–Crippen MR) is 97.1 cm³/mol. The average Bonchev–Trinajstić information content (AvgIpc) is 3.19. The van der Waals surface area contributed by atoms with Crippen LogP contribution >= 0.6 is 0 Å². The zero-order valence-electron chi connectivity index (χ0n) is 14.5. The first-order valence-corrected chi connectivity index (χ1v) is 8.10. The molecule has 1 aliphatic carbocycles. The molecule has 0 fully saturated rings. The molecular weight excluding hydrogens is 359 g/mol. The molecule has 0 radical (unpaired) electrons. The Morgan fingerprint density at radius 1 is 0.926 bits per heavy atom. The Balaban J connectivity index is 1.79. The van der Waals surface area contributed by atoms with Crippen molar-refractivity contribution >= 4 is 22.3 Å². The highest BCUT2D eigenvalue weighted by Gasteiger charge is 2.33. The first-order valence-electron chi connectivity index (χ1n) is 8.10. The number of methoxy groups -OCH3 is 2. The fourth-order valence-electron chi connectivity index (χ4n) is 3.20. The molecule has 5 nitrogen and oxygen atoms in total. The van der Waals surface area contributed by atoms with E-state index >= 15 is 0 Å². The van der Waals surface area contributed by atoms with Crippen LogP contribution in [0.5, 0.6) is 11.5 Å². The Bertz CT molecular complexity index is 1080. The molecule has 1 aliphatic heterocycles. The van der Waals surface area contributed by atoms with Crippen LogP contribution in [0, 0.1) is 0 Å². The fourth-order valence-corrected chi connectivity index (χ4v) is 3.20. The molecule has 0 bridgehead atoms. The number of H-pyrrole nitrogens is 2. The van der Waals surface area contributed by atoms with Crippen molar-refractivity contribution in [3.63, 3.8) is 0 Å². The molecule has 0 aromatic heterocycles. The molecule has 0 saturated carbocycles. The van der Waals surface area contributed by atoms with E-state index in [0.29, 0.717) is 17.3 Å². The smallest absolute Gasteiger partial charge is 0.418 e. The number of alkyl halides is 3. The van der Waals surface area contributed by atoms with Crippen LogP contribution in [0.1, 0.15) is 5.56 Å². The van der Waals surface area contributed by atoms with Crippen LogP contribution in [0.4, 0.5) is 24.7 Å². The lowest BCUT2D eigenvalue weighted by atomic mass is 10.1. The Morgan fingerprint density at radius 3 is 2.33 bits per heavy atom. The number of hydrogen-bond acceptors (Lipinski definition) is 3. The quantitative estimate of drug-likeness (QED) is 0.449. The van der Waals surface area contributed by atoms with E-state index in [4.69, 9.17) is 9.47 Å². The lowest BCUT2D eigenvalue weighted by Gasteiger charge is -2.13. The third-order valence-corrected chi connectivity index (χ3v) is 4.47. The topological polar surface area (TPSA) is 62.1 Å². The monoisotopic (exact) mass is 375 g/mol. The molecule has 0 spiro atoms. The lowest BCUT2D eigenvalue weighted by Crippen LogP contribution is -2.08. The van der Waals surface area contributed by atoms with E-state index in [2.05, 4.69) is 15.5 Å². The minimum absolute atomic E-state index is 0.0254. The summed E-state index contributed by atoms with van der Waals surface area (Å²) in [7, 11) is 3.10. The molecule has 2 aromatic rings. The Morgan fingerprint density at radius 2 is 1.63 bits per heavy atom. The van der Waals surface area contributed by atoms with E-state index in [1.807, 2.05) is 18.2 Å². The largest absolute Gasteiger partial charge is 0.493 e. The number of halogens is 3. The number of aromatic nitrogens is 2. The summed E-state index contributed by atoms with van der Waals surface area (Å²) in [5.41, 5.74) is 0.741. The number of para-hydroxylation sites is 1. The summed E-state index contributed by atoms with van der Waals surface area (Å²) < 4.78 is 50.4. The molecular formula is C19H16F3N3O2. The summed E-state index contributed by atoms with van der Waals surface area (Å²) in [6.45, 7) is 0. The van der Waals surface area contributed by atoms with Gasteiger partial charge in [-0.2, -0.15) is 13.2 Å². The summed E-state index contributed by atoms with van der Waals surface area (Å²) in [6, 6.07) is 10.9. The summed E-state index contributed by atoms with van der Waals surface area (Å²) in [4.78, 5) is 0. The molecule has 0 saturated heterocycles. The Kier molecular flexibility index (Phi) is 3.91. The zero-order valence-corrected chi connectivity index (χ0v) is 14.5. The van der Waals surface area contributed by atoms with Gasteiger partial charge in [0.25, 0.3) is 0 Å². The van der Waals surface area contributed by atoms with Gasteiger partial charge in [0.05, 0.1) is 31.2 Å². The maximum atomic E-state index is 13.2. The highest BCUT2D eigenvalue weighted by molar-refractivity contribution is 6.05. The maximum absolute atomic E-state index is 13.2. The van der Waals surface area contributed by atoms with E-state index < -0.39 is 11.7 Å². The normalized spacial score (nSPS) is 11.9. The van der Waals surface area contributed by atoms with Crippen LogP contribution in [0.25, 0.3) is 22.0 Å². The predicted octanol–water partition coefficient (Wildman–Crippen LogP) is 5.38. The second-order valence-electron chi connectivity index (χ2n) is 6.02. The van der Waals surface area contributed by atoms with Gasteiger partial charge >= 0.3 is 6.18 Å². The Hall–Kier alpha value is -3.29. The van der Waals surface area contributed by atoms with Gasteiger partial charge < -0.3 is 14.8 Å². The highest BCUT2D eigenvalue weighted by atomic mass is 19.4. The van der Waals surface area contributed by atoms with Crippen LogP contribution in [0.3, 0.4) is 0 Å². The first kappa shape index (κ1) is 17.1. The maximum Gasteiger partial charge on any atom is 0.418 e. The van der Waals surface area contributed by atoms with Gasteiger partial charge in [0.1, 0.15) is 5.82 Å². The summed E-state index contributed by atoms with van der Waals surface area (Å²) in [5.74, 6) is 1.60. The minimum Gasteiger partial charge on any atom is -0.493 e. The second-order valence-corrected chi connectivity index (χ2v) is 6.02. The molecule has 8 heteroatoms. The van der Waals surface area contributed by atoms with E-state index in [-0.39, 0.29) is 5.69 Å². The van der Waals surface area contributed by atoms with Gasteiger partial charge in [-0.05, 0) is 35.7 Å². The fraction of sp³-hybridized carbons (Fsp3) is 0.158. The van der Waals surface area contributed by atoms with Crippen molar-refractivity contribution in [2.45, 2.75) is 6.18 Å². The number of ether oxygens (including phenoxy) is 2. The van der Waals surface area contributed by atoms with E-state index in [1.54, 1.807) is 20.3 Å². The number of aromatic amines is 2. The SMILES string of the molecule is COc1cc2cc3c(Nc4ccccc4C(F)(F)F)[nH][nH]c-3c2cc1OC. The summed E-state index contributed by atoms with van der Waals surface area (Å²) in [5, 5.41) is 10.5. The van der Waals surface area contributed by atoms with Gasteiger partial charge in [0.15, 0.2) is 11.5 Å². The molecule has 4 rings (SSSR count). The van der Waals surface area contributed by atoms with Crippen LogP contribution in [0.15, 0.2) is 42.5 Å². The third kappa shape index (κ3) is 2.83. The van der Waals surface area contributed by atoms with Crippen molar-refractivity contribution in [1.82, 2.24) is 10.2 Å². The summed E-state index contributed by atoms with van der Waals surface area (Å²) >= 11 is 0. The molecule has 0 atom stereocenters. The first-order chi connectivity index (χ1) is 12.9.